The zero-order valence-corrected chi connectivity index (χ0v) is 10.4. The molecule has 2 rings (SSSR count). The van der Waals surface area contributed by atoms with E-state index in [1.807, 2.05) is 6.07 Å². The van der Waals surface area contributed by atoms with Crippen LogP contribution in [0.2, 0.25) is 0 Å². The van der Waals surface area contributed by atoms with Crippen molar-refractivity contribution in [2.45, 2.75) is 32.2 Å². The molecule has 0 aromatic carbocycles. The minimum atomic E-state index is 0.381. The number of hydrogen-bond acceptors (Lipinski definition) is 5. The molecule has 2 heterocycles. The molecule has 1 aromatic rings. The third-order valence-corrected chi connectivity index (χ3v) is 3.06. The first kappa shape index (κ1) is 12.1. The highest BCUT2D eigenvalue weighted by Crippen LogP contribution is 2.10. The van der Waals surface area contributed by atoms with Crippen molar-refractivity contribution in [3.05, 3.63) is 12.1 Å². The largest absolute Gasteiger partial charge is 0.382 e. The molecule has 0 spiro atoms. The Bertz CT molecular complexity index is 331. The Kier molecular flexibility index (Phi) is 4.14. The Morgan fingerprint density at radius 3 is 2.71 bits per heavy atom. The van der Waals surface area contributed by atoms with Crippen molar-refractivity contribution in [3.8, 4) is 0 Å². The number of nitrogen functional groups attached to an aromatic ring is 1. The molecule has 17 heavy (non-hydrogen) atoms. The lowest BCUT2D eigenvalue weighted by molar-refractivity contribution is 0.223. The topological polar surface area (TPSA) is 67.1 Å². The number of hydrogen-bond donors (Lipinski definition) is 2. The van der Waals surface area contributed by atoms with Gasteiger partial charge in [0.1, 0.15) is 11.6 Å². The molecule has 1 aliphatic rings. The number of nitrogens with one attached hydrogen (secondary N) is 1. The van der Waals surface area contributed by atoms with E-state index in [4.69, 9.17) is 5.73 Å². The van der Waals surface area contributed by atoms with Gasteiger partial charge in [-0.15, -0.1) is 10.2 Å². The third-order valence-electron chi connectivity index (χ3n) is 3.06. The molecule has 3 N–H and O–H groups in total. The summed E-state index contributed by atoms with van der Waals surface area (Å²) in [6.07, 6.45) is 4.03. The number of nitrogens with two attached hydrogens (primary N) is 1. The van der Waals surface area contributed by atoms with E-state index in [9.17, 15) is 0 Å². The van der Waals surface area contributed by atoms with Crippen molar-refractivity contribution < 1.29 is 0 Å². The second-order valence-corrected chi connectivity index (χ2v) is 4.75. The van der Waals surface area contributed by atoms with Gasteiger partial charge in [0.25, 0.3) is 0 Å². The molecule has 0 bridgehead atoms. The van der Waals surface area contributed by atoms with Gasteiger partial charge in [0.15, 0.2) is 0 Å². The monoisotopic (exact) mass is 235 g/mol. The van der Waals surface area contributed by atoms with Crippen molar-refractivity contribution in [2.24, 2.45) is 0 Å². The summed E-state index contributed by atoms with van der Waals surface area (Å²) in [6, 6.07) is 4.02. The average molecular weight is 235 g/mol. The van der Waals surface area contributed by atoms with Gasteiger partial charge in [0, 0.05) is 12.6 Å². The zero-order valence-electron chi connectivity index (χ0n) is 10.4. The van der Waals surface area contributed by atoms with E-state index in [0.717, 1.165) is 12.4 Å². The van der Waals surface area contributed by atoms with Gasteiger partial charge in [-0.1, -0.05) is 6.42 Å². The smallest absolute Gasteiger partial charge is 0.149 e. The van der Waals surface area contributed by atoms with E-state index in [0.29, 0.717) is 11.9 Å². The van der Waals surface area contributed by atoms with Gasteiger partial charge in [-0.3, -0.25) is 0 Å². The first-order valence-electron chi connectivity index (χ1n) is 6.32. The quantitative estimate of drug-likeness (QED) is 0.824. The maximum Gasteiger partial charge on any atom is 0.149 e. The number of aromatic nitrogens is 2. The van der Waals surface area contributed by atoms with Crippen LogP contribution in [0.5, 0.6) is 0 Å². The summed E-state index contributed by atoms with van der Waals surface area (Å²) in [5.74, 6) is 1.25. The number of anilines is 2. The van der Waals surface area contributed by atoms with Gasteiger partial charge in [-0.05, 0) is 45.0 Å². The van der Waals surface area contributed by atoms with Crippen LogP contribution in [0.3, 0.4) is 0 Å². The van der Waals surface area contributed by atoms with E-state index in [1.165, 1.54) is 32.4 Å². The van der Waals surface area contributed by atoms with Crippen LogP contribution in [0.15, 0.2) is 12.1 Å². The van der Waals surface area contributed by atoms with Crippen LogP contribution in [-0.2, 0) is 0 Å². The fourth-order valence-electron chi connectivity index (χ4n) is 2.25. The van der Waals surface area contributed by atoms with Crippen LogP contribution < -0.4 is 11.1 Å². The molecule has 5 nitrogen and oxygen atoms in total. The summed E-state index contributed by atoms with van der Waals surface area (Å²) < 4.78 is 0. The van der Waals surface area contributed by atoms with Crippen molar-refractivity contribution in [1.29, 1.82) is 0 Å². The van der Waals surface area contributed by atoms with Crippen LogP contribution in [0.25, 0.3) is 0 Å². The number of piperidine rings is 1. The number of likely N-dealkylation sites (tertiary alicyclic amines) is 1. The van der Waals surface area contributed by atoms with Crippen LogP contribution in [0.1, 0.15) is 26.2 Å². The Balaban J connectivity index is 1.79. The van der Waals surface area contributed by atoms with Gasteiger partial charge in [-0.2, -0.15) is 0 Å². The summed E-state index contributed by atoms with van der Waals surface area (Å²) in [5, 5.41) is 11.2. The summed E-state index contributed by atoms with van der Waals surface area (Å²) in [4.78, 5) is 2.51. The molecule has 5 heteroatoms. The van der Waals surface area contributed by atoms with E-state index in [1.54, 1.807) is 6.07 Å². The molecule has 1 saturated heterocycles. The fraction of sp³-hybridized carbons (Fsp3) is 0.667. The molecule has 94 valence electrons. The molecule has 1 aromatic heterocycles. The highest BCUT2D eigenvalue weighted by Gasteiger charge is 2.13. The van der Waals surface area contributed by atoms with Crippen molar-refractivity contribution in [3.63, 3.8) is 0 Å². The van der Waals surface area contributed by atoms with Gasteiger partial charge < -0.3 is 16.0 Å². The minimum Gasteiger partial charge on any atom is -0.382 e. The van der Waals surface area contributed by atoms with Crippen molar-refractivity contribution in [1.82, 2.24) is 15.1 Å². The van der Waals surface area contributed by atoms with Crippen molar-refractivity contribution in [2.75, 3.05) is 30.7 Å². The molecule has 0 aliphatic carbocycles. The van der Waals surface area contributed by atoms with Crippen LogP contribution in [0.4, 0.5) is 11.6 Å². The lowest BCUT2D eigenvalue weighted by atomic mass is 10.1. The lowest BCUT2D eigenvalue weighted by Gasteiger charge is -2.29. The van der Waals surface area contributed by atoms with Crippen LogP contribution >= 0.6 is 0 Å². The molecular weight excluding hydrogens is 214 g/mol. The Labute approximate surface area is 102 Å². The average Bonchev–Trinajstić information content (AvgIpc) is 2.33. The van der Waals surface area contributed by atoms with Gasteiger partial charge in [-0.25, -0.2) is 0 Å². The summed E-state index contributed by atoms with van der Waals surface area (Å²) >= 11 is 0. The van der Waals surface area contributed by atoms with E-state index in [-0.39, 0.29) is 0 Å². The maximum atomic E-state index is 5.50. The zero-order chi connectivity index (χ0) is 12.1. The van der Waals surface area contributed by atoms with Gasteiger partial charge >= 0.3 is 0 Å². The second-order valence-electron chi connectivity index (χ2n) is 4.75. The van der Waals surface area contributed by atoms with E-state index < -0.39 is 0 Å². The van der Waals surface area contributed by atoms with E-state index in [2.05, 4.69) is 27.3 Å². The molecular formula is C12H21N5. The summed E-state index contributed by atoms with van der Waals surface area (Å²) in [5.41, 5.74) is 5.50. The van der Waals surface area contributed by atoms with Gasteiger partial charge in [0.2, 0.25) is 0 Å². The summed E-state index contributed by atoms with van der Waals surface area (Å²) in [7, 11) is 0. The third kappa shape index (κ3) is 3.85. The SMILES string of the molecule is CC(CN1CCCCC1)Nc1ccc(N)nn1. The standard InChI is InChI=1S/C12H21N5/c1-10(9-17-7-3-2-4-8-17)14-12-6-5-11(13)15-16-12/h5-6,10H,2-4,7-9H2,1H3,(H2,13,15)(H,14,16). The first-order chi connectivity index (χ1) is 8.24. The molecule has 1 fully saturated rings. The van der Waals surface area contributed by atoms with Crippen molar-refractivity contribution >= 4 is 11.6 Å². The normalized spacial score (nSPS) is 18.9. The Morgan fingerprint density at radius 1 is 1.29 bits per heavy atom. The predicted molar refractivity (Wildman–Crippen MR) is 69.8 cm³/mol. The minimum absolute atomic E-state index is 0.381. The molecule has 1 atom stereocenters. The maximum absolute atomic E-state index is 5.50. The predicted octanol–water partition coefficient (Wildman–Crippen LogP) is 1.35. The number of rotatable bonds is 4. The summed E-state index contributed by atoms with van der Waals surface area (Å²) in [6.45, 7) is 5.68. The molecule has 0 saturated carbocycles. The Hall–Kier alpha value is -1.36. The molecule has 1 unspecified atom stereocenters. The highest BCUT2D eigenvalue weighted by molar-refractivity contribution is 5.39. The van der Waals surface area contributed by atoms with Gasteiger partial charge in [0.05, 0.1) is 0 Å². The van der Waals surface area contributed by atoms with Crippen LogP contribution in [-0.4, -0.2) is 40.8 Å². The number of nitrogens with zero attached hydrogens (tertiary/aromatic N) is 3. The fourth-order valence-corrected chi connectivity index (χ4v) is 2.25. The first-order valence-corrected chi connectivity index (χ1v) is 6.32. The molecule has 1 aliphatic heterocycles. The molecule has 0 amide bonds. The van der Waals surface area contributed by atoms with Crippen LogP contribution in [0, 0.1) is 0 Å². The lowest BCUT2D eigenvalue weighted by Crippen LogP contribution is -2.38. The highest BCUT2D eigenvalue weighted by atomic mass is 15.2. The van der Waals surface area contributed by atoms with E-state index >= 15 is 0 Å². The second kappa shape index (κ2) is 5.82. The Morgan fingerprint density at radius 2 is 2.06 bits per heavy atom. The molecule has 0 radical (unpaired) electrons.